The first kappa shape index (κ1) is 14.9. The van der Waals surface area contributed by atoms with Crippen LogP contribution in [-0.2, 0) is 6.42 Å². The maximum atomic E-state index is 12.2. The largest absolute Gasteiger partial charge is 0.322 e. The van der Waals surface area contributed by atoms with Crippen LogP contribution in [0.4, 0.5) is 5.69 Å². The molecule has 2 rings (SSSR count). The molecule has 0 aliphatic rings. The molecule has 0 aliphatic heterocycles. The second-order valence-electron chi connectivity index (χ2n) is 4.21. The summed E-state index contributed by atoms with van der Waals surface area (Å²) in [5.41, 5.74) is 2.09. The van der Waals surface area contributed by atoms with Gasteiger partial charge in [-0.15, -0.1) is 11.8 Å². The van der Waals surface area contributed by atoms with E-state index >= 15 is 0 Å². The van der Waals surface area contributed by atoms with Crippen LogP contribution in [0.5, 0.6) is 0 Å². The number of anilines is 1. The zero-order valence-corrected chi connectivity index (χ0v) is 12.9. The molecule has 0 saturated heterocycles. The van der Waals surface area contributed by atoms with Gasteiger partial charge in [0.2, 0.25) is 0 Å². The maximum absolute atomic E-state index is 12.2. The molecule has 1 aromatic carbocycles. The molecule has 20 heavy (non-hydrogen) atoms. The molecule has 1 amide bonds. The fraction of sp³-hybridized carbons (Fsp3) is 0.200. The highest BCUT2D eigenvalue weighted by Gasteiger charge is 2.09. The predicted molar refractivity (Wildman–Crippen MR) is 84.8 cm³/mol. The van der Waals surface area contributed by atoms with Crippen molar-refractivity contribution >= 4 is 35.0 Å². The summed E-state index contributed by atoms with van der Waals surface area (Å²) in [6.07, 6.45) is 2.75. The summed E-state index contributed by atoms with van der Waals surface area (Å²) in [7, 11) is 0. The van der Waals surface area contributed by atoms with Crippen LogP contribution in [0.25, 0.3) is 0 Å². The Balaban J connectivity index is 2.16. The van der Waals surface area contributed by atoms with E-state index in [2.05, 4.69) is 10.3 Å². The molecule has 104 valence electrons. The summed E-state index contributed by atoms with van der Waals surface area (Å²) in [5.74, 6) is -0.180. The molecular weight excluding hydrogens is 292 g/mol. The lowest BCUT2D eigenvalue weighted by atomic mass is 10.2. The number of thioether (sulfide) groups is 1. The minimum Gasteiger partial charge on any atom is -0.322 e. The summed E-state index contributed by atoms with van der Waals surface area (Å²) >= 11 is 7.58. The van der Waals surface area contributed by atoms with E-state index in [0.29, 0.717) is 10.7 Å². The Morgan fingerprint density at radius 3 is 2.60 bits per heavy atom. The number of nitrogens with one attached hydrogen (secondary N) is 1. The van der Waals surface area contributed by atoms with Crippen molar-refractivity contribution in [3.63, 3.8) is 0 Å². The van der Waals surface area contributed by atoms with Gasteiger partial charge in [-0.3, -0.25) is 4.79 Å². The monoisotopic (exact) mass is 306 g/mol. The topological polar surface area (TPSA) is 42.0 Å². The third-order valence-corrected chi connectivity index (χ3v) is 3.76. The Morgan fingerprint density at radius 2 is 2.00 bits per heavy atom. The second-order valence-corrected chi connectivity index (χ2v) is 5.47. The van der Waals surface area contributed by atoms with Crippen LogP contribution in [0.2, 0.25) is 5.15 Å². The number of carbonyl (C=O) groups excluding carboxylic acids is 1. The first-order chi connectivity index (χ1) is 9.62. The second kappa shape index (κ2) is 6.77. The number of benzene rings is 1. The summed E-state index contributed by atoms with van der Waals surface area (Å²) in [4.78, 5) is 17.5. The minimum absolute atomic E-state index is 0.180. The van der Waals surface area contributed by atoms with Crippen molar-refractivity contribution in [1.82, 2.24) is 4.98 Å². The number of amides is 1. The van der Waals surface area contributed by atoms with Gasteiger partial charge < -0.3 is 5.32 Å². The van der Waals surface area contributed by atoms with Gasteiger partial charge in [-0.05, 0) is 49.1 Å². The first-order valence-corrected chi connectivity index (χ1v) is 7.84. The van der Waals surface area contributed by atoms with E-state index in [1.54, 1.807) is 23.9 Å². The number of nitrogens with zero attached hydrogens (tertiary/aromatic N) is 1. The highest BCUT2D eigenvalue weighted by atomic mass is 35.5. The number of aryl methyl sites for hydroxylation is 1. The highest BCUT2D eigenvalue weighted by molar-refractivity contribution is 7.98. The van der Waals surface area contributed by atoms with Gasteiger partial charge in [-0.2, -0.15) is 0 Å². The highest BCUT2D eigenvalue weighted by Crippen LogP contribution is 2.19. The van der Waals surface area contributed by atoms with Crippen LogP contribution < -0.4 is 5.32 Å². The fourth-order valence-corrected chi connectivity index (χ4v) is 2.38. The first-order valence-electron chi connectivity index (χ1n) is 6.24. The molecule has 0 bridgehead atoms. The lowest BCUT2D eigenvalue weighted by Crippen LogP contribution is -2.12. The number of rotatable bonds is 4. The molecule has 2 aromatic rings. The average Bonchev–Trinajstić information content (AvgIpc) is 2.47. The molecule has 0 fully saturated rings. The molecule has 0 unspecified atom stereocenters. The Labute approximate surface area is 127 Å². The zero-order chi connectivity index (χ0) is 14.5. The number of carbonyl (C=O) groups is 1. The lowest BCUT2D eigenvalue weighted by molar-refractivity contribution is 0.102. The number of hydrogen-bond donors (Lipinski definition) is 1. The van der Waals surface area contributed by atoms with Gasteiger partial charge in [0, 0.05) is 21.8 Å². The normalized spacial score (nSPS) is 10.3. The van der Waals surface area contributed by atoms with Crippen molar-refractivity contribution in [1.29, 1.82) is 0 Å². The van der Waals surface area contributed by atoms with Crippen molar-refractivity contribution in [3.05, 3.63) is 52.8 Å². The van der Waals surface area contributed by atoms with Crippen LogP contribution in [-0.4, -0.2) is 17.1 Å². The van der Waals surface area contributed by atoms with Gasteiger partial charge in [0.15, 0.2) is 0 Å². The number of pyridine rings is 1. The molecule has 0 radical (unpaired) electrons. The zero-order valence-electron chi connectivity index (χ0n) is 11.3. The predicted octanol–water partition coefficient (Wildman–Crippen LogP) is 4.27. The van der Waals surface area contributed by atoms with Crippen LogP contribution in [0.15, 0.2) is 41.3 Å². The molecule has 5 heteroatoms. The Kier molecular flexibility index (Phi) is 5.04. The SMILES string of the molecule is CCc1cc(C(=O)Nc2ccc(SC)cc2)cc(Cl)n1. The molecule has 0 aliphatic carbocycles. The molecule has 0 saturated carbocycles. The quantitative estimate of drug-likeness (QED) is 0.677. The van der Waals surface area contributed by atoms with Crippen molar-refractivity contribution in [2.24, 2.45) is 0 Å². The molecule has 3 nitrogen and oxygen atoms in total. The van der Waals surface area contributed by atoms with E-state index in [1.165, 1.54) is 0 Å². The van der Waals surface area contributed by atoms with Crippen molar-refractivity contribution in [3.8, 4) is 0 Å². The summed E-state index contributed by atoms with van der Waals surface area (Å²) in [6.45, 7) is 1.97. The Morgan fingerprint density at radius 1 is 1.30 bits per heavy atom. The molecule has 1 heterocycles. The van der Waals surface area contributed by atoms with Gasteiger partial charge in [-0.25, -0.2) is 4.98 Å². The van der Waals surface area contributed by atoms with Gasteiger partial charge in [0.05, 0.1) is 0 Å². The molecule has 0 atom stereocenters. The molecule has 1 N–H and O–H groups in total. The van der Waals surface area contributed by atoms with Crippen LogP contribution in [0.1, 0.15) is 23.0 Å². The van der Waals surface area contributed by atoms with Crippen LogP contribution in [0, 0.1) is 0 Å². The lowest BCUT2D eigenvalue weighted by Gasteiger charge is -2.07. The standard InChI is InChI=1S/C15H15ClN2OS/c1-3-11-8-10(9-14(16)17-11)15(19)18-12-4-6-13(20-2)7-5-12/h4-9H,3H2,1-2H3,(H,18,19). The van der Waals surface area contributed by atoms with Gasteiger partial charge in [-0.1, -0.05) is 18.5 Å². The maximum Gasteiger partial charge on any atom is 0.255 e. The van der Waals surface area contributed by atoms with E-state index in [1.807, 2.05) is 37.4 Å². The van der Waals surface area contributed by atoms with Gasteiger partial charge >= 0.3 is 0 Å². The van der Waals surface area contributed by atoms with E-state index in [9.17, 15) is 4.79 Å². The minimum atomic E-state index is -0.180. The molecule has 1 aromatic heterocycles. The Hall–Kier alpha value is -1.52. The summed E-state index contributed by atoms with van der Waals surface area (Å²) < 4.78 is 0. The summed E-state index contributed by atoms with van der Waals surface area (Å²) in [5, 5.41) is 3.19. The Bertz CT molecular complexity index is 614. The smallest absolute Gasteiger partial charge is 0.255 e. The van der Waals surface area contributed by atoms with E-state index in [0.717, 1.165) is 22.7 Å². The number of hydrogen-bond acceptors (Lipinski definition) is 3. The van der Waals surface area contributed by atoms with Gasteiger partial charge in [0.1, 0.15) is 5.15 Å². The van der Waals surface area contributed by atoms with Crippen LogP contribution >= 0.6 is 23.4 Å². The number of halogens is 1. The average molecular weight is 307 g/mol. The van der Waals surface area contributed by atoms with Crippen LogP contribution in [0.3, 0.4) is 0 Å². The van der Waals surface area contributed by atoms with Gasteiger partial charge in [0.25, 0.3) is 5.91 Å². The van der Waals surface area contributed by atoms with Crippen molar-refractivity contribution < 1.29 is 4.79 Å². The fourth-order valence-electron chi connectivity index (χ4n) is 1.74. The van der Waals surface area contributed by atoms with Crippen molar-refractivity contribution in [2.75, 3.05) is 11.6 Å². The summed E-state index contributed by atoms with van der Waals surface area (Å²) in [6, 6.07) is 11.0. The molecular formula is C15H15ClN2OS. The van der Waals surface area contributed by atoms with E-state index < -0.39 is 0 Å². The number of aromatic nitrogens is 1. The van der Waals surface area contributed by atoms with E-state index in [-0.39, 0.29) is 5.91 Å². The van der Waals surface area contributed by atoms with E-state index in [4.69, 9.17) is 11.6 Å². The third-order valence-electron chi connectivity index (χ3n) is 2.82. The molecule has 0 spiro atoms. The third kappa shape index (κ3) is 3.74. The van der Waals surface area contributed by atoms with Crippen molar-refractivity contribution in [2.45, 2.75) is 18.2 Å².